The Balaban J connectivity index is 3.79. The van der Waals surface area contributed by atoms with Crippen molar-refractivity contribution in [1.29, 1.82) is 0 Å². The third-order valence-corrected chi connectivity index (χ3v) is 2.40. The van der Waals surface area contributed by atoms with Crippen LogP contribution in [-0.4, -0.2) is 12.1 Å². The van der Waals surface area contributed by atoms with Crippen LogP contribution in [0.1, 0.15) is 52.9 Å². The lowest BCUT2D eigenvalue weighted by Crippen LogP contribution is -2.21. The standard InChI is InChI=1S/C12H21O2/c1-4-5-6-7-8-11(9-13)12(14)10(2)3/h10-11H,4-8H2,1-3H3. The van der Waals surface area contributed by atoms with Gasteiger partial charge in [-0.25, -0.2) is 0 Å². The molecule has 0 bridgehead atoms. The van der Waals surface area contributed by atoms with Crippen LogP contribution in [-0.2, 0) is 9.59 Å². The van der Waals surface area contributed by atoms with Crippen LogP contribution >= 0.6 is 0 Å². The summed E-state index contributed by atoms with van der Waals surface area (Å²) in [6, 6.07) is 0. The van der Waals surface area contributed by atoms with Gasteiger partial charge in [-0.3, -0.25) is 9.59 Å². The Labute approximate surface area is 87.1 Å². The number of carbonyl (C=O) groups is 1. The average Bonchev–Trinajstić information content (AvgIpc) is 2.17. The molecule has 0 amide bonds. The molecule has 0 aromatic heterocycles. The van der Waals surface area contributed by atoms with Crippen molar-refractivity contribution in [2.24, 2.45) is 11.8 Å². The average molecular weight is 197 g/mol. The highest BCUT2D eigenvalue weighted by Crippen LogP contribution is 2.13. The van der Waals surface area contributed by atoms with E-state index in [0.29, 0.717) is 6.42 Å². The van der Waals surface area contributed by atoms with E-state index in [9.17, 15) is 9.59 Å². The van der Waals surface area contributed by atoms with Crippen molar-refractivity contribution < 1.29 is 9.59 Å². The summed E-state index contributed by atoms with van der Waals surface area (Å²) in [4.78, 5) is 22.0. The van der Waals surface area contributed by atoms with Gasteiger partial charge < -0.3 is 0 Å². The first-order valence-electron chi connectivity index (χ1n) is 5.54. The van der Waals surface area contributed by atoms with Crippen LogP contribution in [0.4, 0.5) is 0 Å². The van der Waals surface area contributed by atoms with Gasteiger partial charge in [0.1, 0.15) is 5.78 Å². The minimum atomic E-state index is -0.480. The summed E-state index contributed by atoms with van der Waals surface area (Å²) in [6.07, 6.45) is 6.97. The van der Waals surface area contributed by atoms with Crippen molar-refractivity contribution >= 4 is 12.1 Å². The first-order chi connectivity index (χ1) is 6.63. The molecule has 0 aromatic carbocycles. The van der Waals surface area contributed by atoms with Gasteiger partial charge in [-0.2, -0.15) is 0 Å². The first-order valence-corrected chi connectivity index (χ1v) is 5.54. The maximum absolute atomic E-state index is 11.5. The predicted molar refractivity (Wildman–Crippen MR) is 57.8 cm³/mol. The van der Waals surface area contributed by atoms with E-state index in [4.69, 9.17) is 0 Å². The fourth-order valence-corrected chi connectivity index (χ4v) is 1.44. The lowest BCUT2D eigenvalue weighted by molar-refractivity contribution is -0.124. The van der Waals surface area contributed by atoms with Crippen LogP contribution in [0, 0.1) is 11.8 Å². The van der Waals surface area contributed by atoms with Crippen LogP contribution in [0.3, 0.4) is 0 Å². The van der Waals surface area contributed by atoms with Gasteiger partial charge in [-0.15, -0.1) is 0 Å². The number of rotatable bonds is 8. The summed E-state index contributed by atoms with van der Waals surface area (Å²) < 4.78 is 0. The smallest absolute Gasteiger partial charge is 0.209 e. The third kappa shape index (κ3) is 5.15. The minimum absolute atomic E-state index is 0.0384. The molecule has 0 aromatic rings. The Bertz CT molecular complexity index is 173. The number of carbonyl (C=O) groups excluding carboxylic acids is 2. The topological polar surface area (TPSA) is 34.1 Å². The number of hydrogen-bond acceptors (Lipinski definition) is 2. The summed E-state index contributed by atoms with van der Waals surface area (Å²) in [5.41, 5.74) is 0. The maximum atomic E-state index is 11.5. The molecule has 0 saturated heterocycles. The molecule has 0 spiro atoms. The SMILES string of the molecule is CCCCCCC([C]=O)C(=O)C(C)C. The summed E-state index contributed by atoms with van der Waals surface area (Å²) >= 11 is 0. The van der Waals surface area contributed by atoms with Crippen LogP contribution in [0.25, 0.3) is 0 Å². The van der Waals surface area contributed by atoms with Gasteiger partial charge >= 0.3 is 0 Å². The van der Waals surface area contributed by atoms with Crippen LogP contribution in [0.5, 0.6) is 0 Å². The van der Waals surface area contributed by atoms with E-state index in [2.05, 4.69) is 6.92 Å². The Morgan fingerprint density at radius 2 is 1.86 bits per heavy atom. The van der Waals surface area contributed by atoms with E-state index in [0.717, 1.165) is 12.8 Å². The van der Waals surface area contributed by atoms with E-state index < -0.39 is 5.92 Å². The van der Waals surface area contributed by atoms with Gasteiger partial charge in [-0.05, 0) is 6.42 Å². The molecule has 0 N–H and O–H groups in total. The molecule has 0 saturated carbocycles. The molecule has 81 valence electrons. The molecule has 1 radical (unpaired) electrons. The number of ketones is 1. The zero-order chi connectivity index (χ0) is 11.0. The molecule has 14 heavy (non-hydrogen) atoms. The number of Topliss-reactive ketones (excluding diaryl/α,β-unsaturated/α-hetero) is 1. The molecule has 0 fully saturated rings. The molecule has 2 heteroatoms. The van der Waals surface area contributed by atoms with Crippen molar-refractivity contribution in [3.63, 3.8) is 0 Å². The molecular formula is C12H21O2. The Kier molecular flexibility index (Phi) is 7.35. The van der Waals surface area contributed by atoms with Crippen molar-refractivity contribution in [2.45, 2.75) is 52.9 Å². The van der Waals surface area contributed by atoms with E-state index in [1.165, 1.54) is 12.8 Å². The number of unbranched alkanes of at least 4 members (excludes halogenated alkanes) is 3. The van der Waals surface area contributed by atoms with E-state index in [-0.39, 0.29) is 11.7 Å². The zero-order valence-corrected chi connectivity index (χ0v) is 9.51. The van der Waals surface area contributed by atoms with E-state index in [1.807, 2.05) is 20.1 Å². The quantitative estimate of drug-likeness (QED) is 0.443. The van der Waals surface area contributed by atoms with Gasteiger partial charge in [0, 0.05) is 5.92 Å². The second-order valence-electron chi connectivity index (χ2n) is 4.08. The molecule has 1 atom stereocenters. The number of hydrogen-bond donors (Lipinski definition) is 0. The Morgan fingerprint density at radius 1 is 1.21 bits per heavy atom. The summed E-state index contributed by atoms with van der Waals surface area (Å²) in [5, 5.41) is 0. The molecule has 0 aliphatic rings. The summed E-state index contributed by atoms with van der Waals surface area (Å²) in [7, 11) is 0. The highest BCUT2D eigenvalue weighted by Gasteiger charge is 2.20. The van der Waals surface area contributed by atoms with Gasteiger partial charge in [0.05, 0.1) is 5.92 Å². The monoisotopic (exact) mass is 197 g/mol. The van der Waals surface area contributed by atoms with Crippen LogP contribution in [0.2, 0.25) is 0 Å². The molecule has 1 unspecified atom stereocenters. The van der Waals surface area contributed by atoms with Gasteiger partial charge in [0.25, 0.3) is 0 Å². The lowest BCUT2D eigenvalue weighted by Gasteiger charge is -2.10. The second kappa shape index (κ2) is 7.72. The molecule has 2 nitrogen and oxygen atoms in total. The second-order valence-corrected chi connectivity index (χ2v) is 4.08. The van der Waals surface area contributed by atoms with Gasteiger partial charge in [0.15, 0.2) is 0 Å². The molecule has 0 heterocycles. The molecule has 0 aliphatic heterocycles. The Morgan fingerprint density at radius 3 is 2.29 bits per heavy atom. The maximum Gasteiger partial charge on any atom is 0.209 e. The minimum Gasteiger partial charge on any atom is -0.299 e. The molecular weight excluding hydrogens is 176 g/mol. The van der Waals surface area contributed by atoms with Gasteiger partial charge in [-0.1, -0.05) is 46.5 Å². The lowest BCUT2D eigenvalue weighted by atomic mass is 9.91. The first kappa shape index (κ1) is 13.3. The van der Waals surface area contributed by atoms with Crippen LogP contribution < -0.4 is 0 Å². The molecule has 0 rings (SSSR count). The van der Waals surface area contributed by atoms with E-state index in [1.54, 1.807) is 0 Å². The fourth-order valence-electron chi connectivity index (χ4n) is 1.44. The fraction of sp³-hybridized carbons (Fsp3) is 0.833. The predicted octanol–water partition coefficient (Wildman–Crippen LogP) is 2.91. The van der Waals surface area contributed by atoms with Crippen molar-refractivity contribution in [1.82, 2.24) is 0 Å². The Hall–Kier alpha value is -0.660. The highest BCUT2D eigenvalue weighted by atomic mass is 16.1. The van der Waals surface area contributed by atoms with Crippen molar-refractivity contribution in [2.75, 3.05) is 0 Å². The largest absolute Gasteiger partial charge is 0.299 e. The van der Waals surface area contributed by atoms with Crippen LogP contribution in [0.15, 0.2) is 0 Å². The summed E-state index contributed by atoms with van der Waals surface area (Å²) in [5.74, 6) is -0.490. The normalized spacial score (nSPS) is 12.9. The van der Waals surface area contributed by atoms with Crippen molar-refractivity contribution in [3.8, 4) is 0 Å². The zero-order valence-electron chi connectivity index (χ0n) is 9.51. The van der Waals surface area contributed by atoms with Gasteiger partial charge in [0.2, 0.25) is 6.29 Å². The summed E-state index contributed by atoms with van der Waals surface area (Å²) in [6.45, 7) is 5.81. The van der Waals surface area contributed by atoms with Crippen molar-refractivity contribution in [3.05, 3.63) is 0 Å². The highest BCUT2D eigenvalue weighted by molar-refractivity contribution is 5.94. The molecule has 0 aliphatic carbocycles. The third-order valence-electron chi connectivity index (χ3n) is 2.40. The van der Waals surface area contributed by atoms with E-state index >= 15 is 0 Å².